The minimum atomic E-state index is -4.33. The molecule has 0 aliphatic carbocycles. The largest absolute Gasteiger partial charge is 0.294 e. The van der Waals surface area contributed by atoms with Gasteiger partial charge in [-0.1, -0.05) is 218 Å². The van der Waals surface area contributed by atoms with Crippen LogP contribution >= 0.6 is 15.8 Å². The highest BCUT2D eigenvalue weighted by Gasteiger charge is 2.29. The molecule has 12 aromatic rings. The lowest BCUT2D eigenvalue weighted by Crippen LogP contribution is -2.27. The molecule has 0 saturated heterocycles. The topological polar surface area (TPSA) is 217 Å². The summed E-state index contributed by atoms with van der Waals surface area (Å²) < 4.78 is 134. The number of benzene rings is 12. The van der Waals surface area contributed by atoms with Crippen molar-refractivity contribution >= 4 is 110 Å². The Kier molecular flexibility index (Phi) is 21.6. The van der Waals surface area contributed by atoms with Crippen LogP contribution in [0.2, 0.25) is 0 Å². The third-order valence-corrected chi connectivity index (χ3v) is 26.2. The molecule has 98 heavy (non-hydrogen) atoms. The number of hydrogen-bond donors (Lipinski definition) is 4. The van der Waals surface area contributed by atoms with Gasteiger partial charge in [-0.2, -0.15) is 33.7 Å². The van der Waals surface area contributed by atoms with E-state index in [9.17, 15) is 51.9 Å². The van der Waals surface area contributed by atoms with Gasteiger partial charge in [0.15, 0.2) is 0 Å². The summed E-state index contributed by atoms with van der Waals surface area (Å²) in [5, 5.41) is 11.4. The van der Waals surface area contributed by atoms with E-state index in [1.165, 1.54) is 59.1 Å². The second-order valence-electron chi connectivity index (χ2n) is 24.6. The lowest BCUT2D eigenvalue weighted by atomic mass is 9.93. The van der Waals surface area contributed by atoms with Crippen LogP contribution in [0, 0.1) is 0 Å². The van der Waals surface area contributed by atoms with Crippen LogP contribution in [-0.4, -0.2) is 51.9 Å². The molecule has 12 aromatic carbocycles. The van der Waals surface area contributed by atoms with Gasteiger partial charge in [0.25, 0.3) is 40.5 Å². The van der Waals surface area contributed by atoms with Crippen molar-refractivity contribution in [2.24, 2.45) is 0 Å². The quantitative estimate of drug-likeness (QED) is 0.0279. The molecule has 0 aliphatic heterocycles. The molecule has 4 N–H and O–H groups in total. The SMILES string of the molecule is O=S(=O)(O)c1ccc(CCCc2cccc(P(c3cccc(CCCc4ccc(S(=O)(=O)O)cc4)c3)c3ccc4ccccc4c3-c3c(P(c4cccc(CCCc5ccc(S(=O)(=O)O)cc5)c4)c4cccc(CCCc5ccc(S(=O)(=O)O)cc5)c4)ccc4ccccc34)c2)cc1. The minimum Gasteiger partial charge on any atom is -0.282 e. The first-order valence-electron chi connectivity index (χ1n) is 32.3. The lowest BCUT2D eigenvalue weighted by molar-refractivity contribution is 0.481. The summed E-state index contributed by atoms with van der Waals surface area (Å²) >= 11 is 0. The first kappa shape index (κ1) is 69.6. The van der Waals surface area contributed by atoms with Crippen LogP contribution in [-0.2, 0) is 91.8 Å². The fraction of sp³-hybridized carbons (Fsp3) is 0.150. The van der Waals surface area contributed by atoms with Crippen molar-refractivity contribution in [3.63, 3.8) is 0 Å². The number of hydrogen-bond acceptors (Lipinski definition) is 8. The Hall–Kier alpha value is -8.34. The molecule has 0 amide bonds. The van der Waals surface area contributed by atoms with E-state index in [1.54, 1.807) is 48.5 Å². The van der Waals surface area contributed by atoms with E-state index in [-0.39, 0.29) is 19.6 Å². The van der Waals surface area contributed by atoms with Crippen LogP contribution in [0.15, 0.2) is 287 Å². The van der Waals surface area contributed by atoms with Crippen molar-refractivity contribution in [1.82, 2.24) is 0 Å². The maximum Gasteiger partial charge on any atom is 0.294 e. The van der Waals surface area contributed by atoms with Crippen molar-refractivity contribution in [2.75, 3.05) is 0 Å². The maximum atomic E-state index is 11.9. The predicted molar refractivity (Wildman–Crippen MR) is 397 cm³/mol. The molecule has 0 radical (unpaired) electrons. The Morgan fingerprint density at radius 2 is 0.469 bits per heavy atom. The highest BCUT2D eigenvalue weighted by molar-refractivity contribution is 7.86. The Labute approximate surface area is 576 Å². The Balaban J connectivity index is 0.991. The first-order valence-corrected chi connectivity index (χ1v) is 40.8. The van der Waals surface area contributed by atoms with Gasteiger partial charge in [0, 0.05) is 0 Å². The molecule has 498 valence electrons. The van der Waals surface area contributed by atoms with Crippen LogP contribution < -0.4 is 31.8 Å². The van der Waals surface area contributed by atoms with Crippen molar-refractivity contribution in [1.29, 1.82) is 0 Å². The Morgan fingerprint density at radius 3 is 0.714 bits per heavy atom. The van der Waals surface area contributed by atoms with Crippen LogP contribution in [0.4, 0.5) is 0 Å². The summed E-state index contributed by atoms with van der Waals surface area (Å²) in [6.07, 6.45) is 8.90. The van der Waals surface area contributed by atoms with Crippen LogP contribution in [0.3, 0.4) is 0 Å². The van der Waals surface area contributed by atoms with Gasteiger partial charge >= 0.3 is 0 Å². The molecule has 0 bridgehead atoms. The standard InChI is InChI=1S/C80H72O12P2S4/c81-95(82,83)71-43-33-57(34-44-71)13-5-17-61-21-9-27-67(53-61)93(68-28-10-22-62(54-68)18-6-14-58-35-45-72(46-36-58)96(84,85)86)77-51-41-65-25-1-3-31-75(65)79(77)80-76-32-4-2-26-66(76)42-52-78(80)94(69-29-11-23-63(55-69)19-7-15-59-37-47-73(48-38-59)97(87,88)89)70-30-12-24-64(56-70)20-8-16-60-39-49-74(50-40-60)98(90,91)92/h1-4,9-12,21-56H,5-8,13-20H2,(H,81,82,83)(H,84,85,86)(H,87,88,89)(H,90,91,92). The Morgan fingerprint density at radius 1 is 0.235 bits per heavy atom. The normalized spacial score (nSPS) is 12.3. The molecule has 0 fully saturated rings. The van der Waals surface area contributed by atoms with Gasteiger partial charge in [-0.15, -0.1) is 0 Å². The van der Waals surface area contributed by atoms with Gasteiger partial charge in [0.1, 0.15) is 0 Å². The summed E-state index contributed by atoms with van der Waals surface area (Å²) in [5.41, 5.74) is 10.7. The maximum absolute atomic E-state index is 11.9. The Bertz CT molecular complexity index is 4760. The monoisotopic (exact) mass is 1410 g/mol. The van der Waals surface area contributed by atoms with Gasteiger partial charge in [-0.3, -0.25) is 18.2 Å². The van der Waals surface area contributed by atoms with Gasteiger partial charge in [0.2, 0.25) is 0 Å². The third-order valence-electron chi connectivity index (χ3n) is 17.8. The lowest BCUT2D eigenvalue weighted by Gasteiger charge is -2.29. The molecule has 12 nitrogen and oxygen atoms in total. The highest BCUT2D eigenvalue weighted by Crippen LogP contribution is 2.46. The average Bonchev–Trinajstić information content (AvgIpc) is 0.731. The second-order valence-corrected chi connectivity index (χ2v) is 34.7. The van der Waals surface area contributed by atoms with Crippen LogP contribution in [0.5, 0.6) is 0 Å². The van der Waals surface area contributed by atoms with E-state index in [2.05, 4.69) is 170 Å². The second kappa shape index (κ2) is 30.4. The van der Waals surface area contributed by atoms with E-state index < -0.39 is 56.3 Å². The molecular weight excluding hydrogens is 1340 g/mol. The zero-order valence-corrected chi connectivity index (χ0v) is 58.5. The zero-order valence-electron chi connectivity index (χ0n) is 53.5. The first-order chi connectivity index (χ1) is 47.1. The smallest absolute Gasteiger partial charge is 0.282 e. The fourth-order valence-corrected chi connectivity index (χ4v) is 20.1. The molecular formula is C80H72O12P2S4. The van der Waals surface area contributed by atoms with E-state index in [1.807, 2.05) is 0 Å². The molecule has 0 aromatic heterocycles. The van der Waals surface area contributed by atoms with Crippen molar-refractivity contribution in [3.05, 3.63) is 311 Å². The van der Waals surface area contributed by atoms with E-state index >= 15 is 0 Å². The summed E-state index contributed by atoms with van der Waals surface area (Å²) in [4.78, 5) is -0.573. The number of aryl methyl sites for hydroxylation is 8. The van der Waals surface area contributed by atoms with Gasteiger partial charge in [0.05, 0.1) is 19.6 Å². The van der Waals surface area contributed by atoms with Crippen molar-refractivity contribution < 1.29 is 51.9 Å². The highest BCUT2D eigenvalue weighted by atomic mass is 32.2. The molecule has 0 saturated carbocycles. The minimum absolute atomic E-state index is 0.143. The predicted octanol–water partition coefficient (Wildman–Crippen LogP) is 14.9. The molecule has 0 aliphatic rings. The van der Waals surface area contributed by atoms with Crippen LogP contribution in [0.1, 0.15) is 70.2 Å². The molecule has 0 unspecified atom stereocenters. The van der Waals surface area contributed by atoms with Crippen LogP contribution in [0.25, 0.3) is 32.7 Å². The third kappa shape index (κ3) is 17.2. The number of rotatable bonds is 27. The van der Waals surface area contributed by atoms with E-state index in [0.717, 1.165) is 150 Å². The van der Waals surface area contributed by atoms with Crippen molar-refractivity contribution in [2.45, 2.75) is 96.6 Å². The molecule has 0 heterocycles. The molecule has 18 heteroatoms. The summed E-state index contributed by atoms with van der Waals surface area (Å²) in [6, 6.07) is 87.7. The molecule has 0 atom stereocenters. The zero-order chi connectivity index (χ0) is 68.6. The summed E-state index contributed by atoms with van der Waals surface area (Å²) in [6.45, 7) is 0. The van der Waals surface area contributed by atoms with Gasteiger partial charge < -0.3 is 0 Å². The van der Waals surface area contributed by atoms with Gasteiger partial charge in [-0.25, -0.2) is 0 Å². The summed E-state index contributed by atoms with van der Waals surface area (Å²) in [5.74, 6) is 0. The van der Waals surface area contributed by atoms with Gasteiger partial charge in [-0.05, 0) is 250 Å². The van der Waals surface area contributed by atoms with E-state index in [4.69, 9.17) is 0 Å². The van der Waals surface area contributed by atoms with Crippen molar-refractivity contribution in [3.8, 4) is 11.1 Å². The molecule has 12 rings (SSSR count). The summed E-state index contributed by atoms with van der Waals surface area (Å²) in [7, 11) is -20.0. The fourth-order valence-electron chi connectivity index (χ4n) is 13.0. The average molecular weight is 1420 g/mol. The molecule has 0 spiro atoms. The van der Waals surface area contributed by atoms with E-state index in [0.29, 0.717) is 25.7 Å². The number of fused-ring (bicyclic) bond motifs is 2.